The molecule has 1 aromatic carbocycles. The summed E-state index contributed by atoms with van der Waals surface area (Å²) < 4.78 is 8.14. The summed E-state index contributed by atoms with van der Waals surface area (Å²) in [6.07, 6.45) is 2.12. The van der Waals surface area contributed by atoms with Gasteiger partial charge in [0.15, 0.2) is 4.80 Å². The van der Waals surface area contributed by atoms with Crippen molar-refractivity contribution in [1.29, 1.82) is 0 Å². The van der Waals surface area contributed by atoms with Crippen LogP contribution in [-0.2, 0) is 20.9 Å². The molecule has 158 valence electrons. The van der Waals surface area contributed by atoms with E-state index >= 15 is 0 Å². The Morgan fingerprint density at radius 2 is 2.07 bits per heavy atom. The molecular weight excluding hydrogens is 430 g/mol. The standard InChI is InChI=1S/C20H26ClN3O3S2/c1-14-5-7-23(8-6-14)19(26)13-28-12-18(25)22-20-24(9-10-27-2)16-4-3-15(21)11-17(16)29-20/h3-4,11,14H,5-10,12-13H2,1-2H3. The van der Waals surface area contributed by atoms with Gasteiger partial charge >= 0.3 is 0 Å². The Kier molecular flexibility index (Phi) is 8.17. The van der Waals surface area contributed by atoms with Gasteiger partial charge in [0.05, 0.1) is 28.3 Å². The van der Waals surface area contributed by atoms with Crippen LogP contribution in [0.3, 0.4) is 0 Å². The maximum atomic E-state index is 12.4. The molecule has 1 aromatic heterocycles. The number of carbonyl (C=O) groups is 2. The van der Waals surface area contributed by atoms with Crippen molar-refractivity contribution in [1.82, 2.24) is 9.47 Å². The first-order valence-electron chi connectivity index (χ1n) is 9.69. The highest BCUT2D eigenvalue weighted by atomic mass is 35.5. The van der Waals surface area contributed by atoms with Gasteiger partial charge in [-0.3, -0.25) is 9.59 Å². The summed E-state index contributed by atoms with van der Waals surface area (Å²) in [6, 6.07) is 5.63. The van der Waals surface area contributed by atoms with Gasteiger partial charge in [0.2, 0.25) is 5.91 Å². The van der Waals surface area contributed by atoms with Gasteiger partial charge in [0.25, 0.3) is 5.91 Å². The van der Waals surface area contributed by atoms with E-state index in [1.807, 2.05) is 27.7 Å². The van der Waals surface area contributed by atoms with E-state index in [-0.39, 0.29) is 17.6 Å². The van der Waals surface area contributed by atoms with E-state index in [0.717, 1.165) is 36.1 Å². The van der Waals surface area contributed by atoms with Crippen LogP contribution in [0.2, 0.25) is 5.02 Å². The van der Waals surface area contributed by atoms with Crippen molar-refractivity contribution in [2.45, 2.75) is 26.3 Å². The maximum Gasteiger partial charge on any atom is 0.258 e. The Balaban J connectivity index is 1.63. The second-order valence-corrected chi connectivity index (χ2v) is 9.63. The van der Waals surface area contributed by atoms with Crippen LogP contribution >= 0.6 is 34.7 Å². The fourth-order valence-corrected chi connectivity index (χ4v) is 5.29. The van der Waals surface area contributed by atoms with Crippen molar-refractivity contribution >= 4 is 56.7 Å². The van der Waals surface area contributed by atoms with E-state index in [1.54, 1.807) is 7.11 Å². The Morgan fingerprint density at radius 3 is 2.79 bits per heavy atom. The summed E-state index contributed by atoms with van der Waals surface area (Å²) in [5, 5.41) is 0.650. The molecule has 0 saturated carbocycles. The minimum Gasteiger partial charge on any atom is -0.383 e. The highest BCUT2D eigenvalue weighted by molar-refractivity contribution is 8.00. The lowest BCUT2D eigenvalue weighted by molar-refractivity contribution is -0.129. The van der Waals surface area contributed by atoms with Gasteiger partial charge in [-0.05, 0) is 37.0 Å². The van der Waals surface area contributed by atoms with E-state index in [0.29, 0.717) is 34.6 Å². The molecule has 2 heterocycles. The molecule has 29 heavy (non-hydrogen) atoms. The number of methoxy groups -OCH3 is 1. The smallest absolute Gasteiger partial charge is 0.258 e. The minimum absolute atomic E-state index is 0.112. The normalized spacial score (nSPS) is 16.0. The number of ether oxygens (including phenoxy) is 1. The largest absolute Gasteiger partial charge is 0.383 e. The number of thiazole rings is 1. The van der Waals surface area contributed by atoms with Crippen LogP contribution in [0.5, 0.6) is 0 Å². The molecule has 2 amide bonds. The van der Waals surface area contributed by atoms with Crippen LogP contribution in [0.1, 0.15) is 19.8 Å². The fourth-order valence-electron chi connectivity index (χ4n) is 3.24. The number of carbonyl (C=O) groups excluding carboxylic acids is 2. The first-order valence-corrected chi connectivity index (χ1v) is 12.0. The summed E-state index contributed by atoms with van der Waals surface area (Å²) in [5.74, 6) is 1.07. The molecule has 1 aliphatic rings. The van der Waals surface area contributed by atoms with Crippen LogP contribution in [0, 0.1) is 5.92 Å². The number of hydrogen-bond acceptors (Lipinski definition) is 5. The third-order valence-electron chi connectivity index (χ3n) is 4.97. The van der Waals surface area contributed by atoms with Crippen LogP contribution in [0.15, 0.2) is 23.2 Å². The van der Waals surface area contributed by atoms with Crippen molar-refractivity contribution in [3.63, 3.8) is 0 Å². The summed E-state index contributed by atoms with van der Waals surface area (Å²) in [4.78, 5) is 31.5. The summed E-state index contributed by atoms with van der Waals surface area (Å²) in [6.45, 7) is 4.99. The third kappa shape index (κ3) is 6.07. The zero-order chi connectivity index (χ0) is 20.8. The van der Waals surface area contributed by atoms with Crippen molar-refractivity contribution in [2.75, 3.05) is 38.3 Å². The molecule has 0 radical (unpaired) electrons. The zero-order valence-electron chi connectivity index (χ0n) is 16.7. The highest BCUT2D eigenvalue weighted by Gasteiger charge is 2.20. The van der Waals surface area contributed by atoms with Crippen LogP contribution in [-0.4, -0.2) is 59.6 Å². The van der Waals surface area contributed by atoms with Gasteiger partial charge in [0, 0.05) is 31.8 Å². The molecule has 0 aliphatic carbocycles. The fraction of sp³-hybridized carbons (Fsp3) is 0.550. The second kappa shape index (κ2) is 10.6. The predicted molar refractivity (Wildman–Crippen MR) is 120 cm³/mol. The molecule has 3 rings (SSSR count). The molecule has 9 heteroatoms. The van der Waals surface area contributed by atoms with Crippen molar-refractivity contribution in [3.8, 4) is 0 Å². The first-order chi connectivity index (χ1) is 14.0. The number of halogens is 1. The van der Waals surface area contributed by atoms with Crippen LogP contribution in [0.4, 0.5) is 0 Å². The number of hydrogen-bond donors (Lipinski definition) is 0. The van der Waals surface area contributed by atoms with Gasteiger partial charge in [-0.1, -0.05) is 29.9 Å². The van der Waals surface area contributed by atoms with Crippen LogP contribution < -0.4 is 4.80 Å². The number of piperidine rings is 1. The maximum absolute atomic E-state index is 12.4. The number of likely N-dealkylation sites (tertiary alicyclic amines) is 1. The van der Waals surface area contributed by atoms with Crippen molar-refractivity contribution in [2.24, 2.45) is 10.9 Å². The molecule has 1 aliphatic heterocycles. The Labute approximate surface area is 183 Å². The lowest BCUT2D eigenvalue weighted by Gasteiger charge is -2.30. The average molecular weight is 456 g/mol. The topological polar surface area (TPSA) is 63.9 Å². The van der Waals surface area contributed by atoms with Gasteiger partial charge in [-0.2, -0.15) is 4.99 Å². The monoisotopic (exact) mass is 455 g/mol. The predicted octanol–water partition coefficient (Wildman–Crippen LogP) is 3.42. The van der Waals surface area contributed by atoms with Gasteiger partial charge in [-0.25, -0.2) is 0 Å². The molecule has 2 aromatic rings. The Bertz CT molecular complexity index is 933. The molecule has 1 fully saturated rings. The van der Waals surface area contributed by atoms with Gasteiger partial charge in [-0.15, -0.1) is 11.8 Å². The summed E-state index contributed by atoms with van der Waals surface area (Å²) >= 11 is 8.86. The summed E-state index contributed by atoms with van der Waals surface area (Å²) in [5.41, 5.74) is 0.977. The lowest BCUT2D eigenvalue weighted by Crippen LogP contribution is -2.39. The van der Waals surface area contributed by atoms with E-state index in [4.69, 9.17) is 16.3 Å². The molecule has 1 saturated heterocycles. The number of aromatic nitrogens is 1. The Morgan fingerprint density at radius 1 is 1.31 bits per heavy atom. The molecule has 0 unspecified atom stereocenters. The number of thioether (sulfide) groups is 1. The number of fused-ring (bicyclic) bond motifs is 1. The quantitative estimate of drug-likeness (QED) is 0.641. The van der Waals surface area contributed by atoms with Gasteiger partial charge in [0.1, 0.15) is 0 Å². The average Bonchev–Trinajstić information content (AvgIpc) is 3.02. The second-order valence-electron chi connectivity index (χ2n) is 7.20. The Hall–Kier alpha value is -1.35. The van der Waals surface area contributed by atoms with Crippen molar-refractivity contribution < 1.29 is 14.3 Å². The lowest BCUT2D eigenvalue weighted by atomic mass is 9.99. The molecule has 6 nitrogen and oxygen atoms in total. The van der Waals surface area contributed by atoms with E-state index in [9.17, 15) is 9.59 Å². The summed E-state index contributed by atoms with van der Waals surface area (Å²) in [7, 11) is 1.64. The van der Waals surface area contributed by atoms with E-state index in [1.165, 1.54) is 23.1 Å². The number of benzene rings is 1. The molecule has 0 N–H and O–H groups in total. The first kappa shape index (κ1) is 22.3. The van der Waals surface area contributed by atoms with E-state index < -0.39 is 0 Å². The van der Waals surface area contributed by atoms with Gasteiger partial charge < -0.3 is 14.2 Å². The SMILES string of the molecule is COCCn1c(=NC(=O)CSCC(=O)N2CCC(C)CC2)sc2cc(Cl)ccc21. The van der Waals surface area contributed by atoms with E-state index in [2.05, 4.69) is 11.9 Å². The molecule has 0 spiro atoms. The number of nitrogens with zero attached hydrogens (tertiary/aromatic N) is 3. The molecule has 0 atom stereocenters. The minimum atomic E-state index is -0.237. The molecule has 0 bridgehead atoms. The number of amides is 2. The van der Waals surface area contributed by atoms with Crippen LogP contribution in [0.25, 0.3) is 10.2 Å². The third-order valence-corrected chi connectivity index (χ3v) is 7.15. The number of rotatable bonds is 7. The zero-order valence-corrected chi connectivity index (χ0v) is 19.1. The molecular formula is C20H26ClN3O3S2. The van der Waals surface area contributed by atoms with Crippen molar-refractivity contribution in [3.05, 3.63) is 28.0 Å². The highest BCUT2D eigenvalue weighted by Crippen LogP contribution is 2.22.